The highest BCUT2D eigenvalue weighted by molar-refractivity contribution is 6.14. The van der Waals surface area contributed by atoms with Gasteiger partial charge in [0.15, 0.2) is 0 Å². The number of carboxylic acids is 1. The molecule has 19 heavy (non-hydrogen) atoms. The van der Waals surface area contributed by atoms with Crippen molar-refractivity contribution in [1.82, 2.24) is 0 Å². The standard InChI is InChI=1S/C13H13FN2O3/c1-8-11(6-7-12(17)18)13(19)16(15-8)10-4-2-9(14)3-5-10/h2-5,11H,6-7H2,1H3,(H,17,18)/t11-/m0/s1. The van der Waals surface area contributed by atoms with Crippen LogP contribution in [0.1, 0.15) is 19.8 Å². The van der Waals surface area contributed by atoms with Crippen molar-refractivity contribution >= 4 is 23.3 Å². The molecule has 1 aliphatic rings. The van der Waals surface area contributed by atoms with Gasteiger partial charge in [-0.25, -0.2) is 9.40 Å². The molecule has 1 aromatic carbocycles. The molecule has 1 aliphatic heterocycles. The molecule has 0 unspecified atom stereocenters. The molecule has 1 amide bonds. The van der Waals surface area contributed by atoms with E-state index in [0.717, 1.165) is 0 Å². The monoisotopic (exact) mass is 264 g/mol. The highest BCUT2D eigenvalue weighted by Gasteiger charge is 2.34. The van der Waals surface area contributed by atoms with Gasteiger partial charge in [-0.15, -0.1) is 0 Å². The number of carboxylic acid groups (broad SMARTS) is 1. The molecule has 1 atom stereocenters. The summed E-state index contributed by atoms with van der Waals surface area (Å²) in [5.74, 6) is -2.12. The van der Waals surface area contributed by atoms with Gasteiger partial charge in [-0.05, 0) is 37.6 Å². The maximum atomic E-state index is 12.8. The summed E-state index contributed by atoms with van der Waals surface area (Å²) in [5, 5.41) is 14.0. The Balaban J connectivity index is 2.15. The third-order valence-electron chi connectivity index (χ3n) is 2.99. The fourth-order valence-corrected chi connectivity index (χ4v) is 1.97. The van der Waals surface area contributed by atoms with Crippen LogP contribution in [0.4, 0.5) is 10.1 Å². The van der Waals surface area contributed by atoms with Crippen molar-refractivity contribution in [1.29, 1.82) is 0 Å². The molecule has 0 aromatic heterocycles. The van der Waals surface area contributed by atoms with Crippen LogP contribution in [-0.2, 0) is 9.59 Å². The molecule has 0 bridgehead atoms. The molecular weight excluding hydrogens is 251 g/mol. The lowest BCUT2D eigenvalue weighted by atomic mass is 9.98. The van der Waals surface area contributed by atoms with Crippen molar-refractivity contribution in [2.75, 3.05) is 5.01 Å². The summed E-state index contributed by atoms with van der Waals surface area (Å²) in [5.41, 5.74) is 1.05. The van der Waals surface area contributed by atoms with Crippen LogP contribution in [0.5, 0.6) is 0 Å². The summed E-state index contributed by atoms with van der Waals surface area (Å²) in [4.78, 5) is 22.7. The molecule has 0 aliphatic carbocycles. The second-order valence-electron chi connectivity index (χ2n) is 4.35. The smallest absolute Gasteiger partial charge is 0.303 e. The molecule has 1 aromatic rings. The quantitative estimate of drug-likeness (QED) is 0.904. The normalized spacial score (nSPS) is 18.6. The zero-order chi connectivity index (χ0) is 14.0. The van der Waals surface area contributed by atoms with Gasteiger partial charge in [0, 0.05) is 12.1 Å². The second-order valence-corrected chi connectivity index (χ2v) is 4.35. The van der Waals surface area contributed by atoms with Crippen molar-refractivity contribution in [3.63, 3.8) is 0 Å². The molecule has 0 saturated carbocycles. The Hall–Kier alpha value is -2.24. The van der Waals surface area contributed by atoms with Crippen molar-refractivity contribution in [2.45, 2.75) is 19.8 Å². The Kier molecular flexibility index (Phi) is 3.59. The summed E-state index contributed by atoms with van der Waals surface area (Å²) < 4.78 is 12.8. The van der Waals surface area contributed by atoms with Crippen molar-refractivity contribution in [3.8, 4) is 0 Å². The van der Waals surface area contributed by atoms with E-state index in [1.165, 1.54) is 29.3 Å². The number of anilines is 1. The number of hydrogen-bond acceptors (Lipinski definition) is 3. The van der Waals surface area contributed by atoms with Crippen LogP contribution in [-0.4, -0.2) is 22.7 Å². The zero-order valence-corrected chi connectivity index (χ0v) is 10.3. The Morgan fingerprint density at radius 3 is 2.63 bits per heavy atom. The largest absolute Gasteiger partial charge is 0.481 e. The third kappa shape index (κ3) is 2.78. The van der Waals surface area contributed by atoms with Crippen LogP contribution in [0.15, 0.2) is 29.4 Å². The molecule has 5 nitrogen and oxygen atoms in total. The van der Waals surface area contributed by atoms with E-state index in [-0.39, 0.29) is 18.7 Å². The first-order chi connectivity index (χ1) is 8.99. The van der Waals surface area contributed by atoms with Gasteiger partial charge in [-0.2, -0.15) is 5.10 Å². The zero-order valence-electron chi connectivity index (χ0n) is 10.3. The lowest BCUT2D eigenvalue weighted by Gasteiger charge is -2.13. The van der Waals surface area contributed by atoms with E-state index in [1.54, 1.807) is 6.92 Å². The summed E-state index contributed by atoms with van der Waals surface area (Å²) in [6.07, 6.45) is 0.141. The Morgan fingerprint density at radius 2 is 2.05 bits per heavy atom. The van der Waals surface area contributed by atoms with Gasteiger partial charge in [-0.1, -0.05) is 0 Å². The van der Waals surface area contributed by atoms with Crippen LogP contribution in [0.3, 0.4) is 0 Å². The van der Waals surface area contributed by atoms with E-state index in [1.807, 2.05) is 0 Å². The van der Waals surface area contributed by atoms with E-state index in [9.17, 15) is 14.0 Å². The molecule has 1 heterocycles. The van der Waals surface area contributed by atoms with Gasteiger partial charge < -0.3 is 5.11 Å². The highest BCUT2D eigenvalue weighted by atomic mass is 19.1. The topological polar surface area (TPSA) is 70.0 Å². The highest BCUT2D eigenvalue weighted by Crippen LogP contribution is 2.26. The molecule has 0 saturated heterocycles. The number of halogens is 1. The first-order valence-corrected chi connectivity index (χ1v) is 5.85. The fraction of sp³-hybridized carbons (Fsp3) is 0.308. The minimum Gasteiger partial charge on any atom is -0.481 e. The van der Waals surface area contributed by atoms with Gasteiger partial charge in [0.25, 0.3) is 5.91 Å². The average molecular weight is 264 g/mol. The second kappa shape index (κ2) is 5.17. The Bertz CT molecular complexity index is 539. The molecule has 1 N–H and O–H groups in total. The molecule has 0 fully saturated rings. The molecule has 6 heteroatoms. The fourth-order valence-electron chi connectivity index (χ4n) is 1.97. The van der Waals surface area contributed by atoms with Crippen LogP contribution in [0, 0.1) is 11.7 Å². The van der Waals surface area contributed by atoms with Gasteiger partial charge in [0.2, 0.25) is 0 Å². The Labute approximate surface area is 109 Å². The molecule has 100 valence electrons. The van der Waals surface area contributed by atoms with Gasteiger partial charge >= 0.3 is 5.97 Å². The maximum absolute atomic E-state index is 12.8. The predicted octanol–water partition coefficient (Wildman–Crippen LogP) is 2.03. The average Bonchev–Trinajstić information content (AvgIpc) is 2.63. The number of benzene rings is 1. The first kappa shape index (κ1) is 13.2. The van der Waals surface area contributed by atoms with Crippen molar-refractivity contribution < 1.29 is 19.1 Å². The number of aliphatic carboxylic acids is 1. The van der Waals surface area contributed by atoms with Crippen molar-refractivity contribution in [2.24, 2.45) is 11.0 Å². The Morgan fingerprint density at radius 1 is 1.42 bits per heavy atom. The number of nitrogens with zero attached hydrogens (tertiary/aromatic N) is 2. The summed E-state index contributed by atoms with van der Waals surface area (Å²) >= 11 is 0. The number of amides is 1. The van der Waals surface area contributed by atoms with E-state index in [2.05, 4.69) is 5.10 Å². The van der Waals surface area contributed by atoms with E-state index in [4.69, 9.17) is 5.11 Å². The van der Waals surface area contributed by atoms with Gasteiger partial charge in [-0.3, -0.25) is 9.59 Å². The number of rotatable bonds is 4. The lowest BCUT2D eigenvalue weighted by molar-refractivity contribution is -0.137. The summed E-state index contributed by atoms with van der Waals surface area (Å²) in [6.45, 7) is 1.69. The molecular formula is C13H13FN2O3. The number of hydrogen-bond donors (Lipinski definition) is 1. The van der Waals surface area contributed by atoms with Crippen LogP contribution < -0.4 is 5.01 Å². The van der Waals surface area contributed by atoms with E-state index >= 15 is 0 Å². The molecule has 0 radical (unpaired) electrons. The number of hydrazone groups is 1. The van der Waals surface area contributed by atoms with E-state index in [0.29, 0.717) is 11.4 Å². The van der Waals surface area contributed by atoms with Crippen LogP contribution in [0.2, 0.25) is 0 Å². The lowest BCUT2D eigenvalue weighted by Crippen LogP contribution is -2.27. The molecule has 2 rings (SSSR count). The third-order valence-corrected chi connectivity index (χ3v) is 2.99. The number of carbonyl (C=O) groups excluding carboxylic acids is 1. The maximum Gasteiger partial charge on any atom is 0.303 e. The van der Waals surface area contributed by atoms with E-state index < -0.39 is 17.7 Å². The first-order valence-electron chi connectivity index (χ1n) is 5.85. The summed E-state index contributed by atoms with van der Waals surface area (Å²) in [6, 6.07) is 5.42. The van der Waals surface area contributed by atoms with Gasteiger partial charge in [0.05, 0.1) is 11.6 Å². The minimum atomic E-state index is -0.944. The minimum absolute atomic E-state index is 0.0828. The summed E-state index contributed by atoms with van der Waals surface area (Å²) in [7, 11) is 0. The van der Waals surface area contributed by atoms with Gasteiger partial charge in [0.1, 0.15) is 5.82 Å². The SMILES string of the molecule is CC1=NN(c2ccc(F)cc2)C(=O)[C@H]1CCC(=O)O. The molecule has 0 spiro atoms. The number of carbonyl (C=O) groups is 2. The predicted molar refractivity (Wildman–Crippen MR) is 67.4 cm³/mol. The van der Waals surface area contributed by atoms with Crippen LogP contribution >= 0.6 is 0 Å². The van der Waals surface area contributed by atoms with Crippen molar-refractivity contribution in [3.05, 3.63) is 30.1 Å². The van der Waals surface area contributed by atoms with Crippen LogP contribution in [0.25, 0.3) is 0 Å².